The zero-order valence-electron chi connectivity index (χ0n) is 9.85. The van der Waals surface area contributed by atoms with E-state index in [1.807, 2.05) is 0 Å². The average Bonchev–Trinajstić information content (AvgIpc) is 2.63. The summed E-state index contributed by atoms with van der Waals surface area (Å²) >= 11 is 0. The van der Waals surface area contributed by atoms with Gasteiger partial charge in [-0.1, -0.05) is 51.9 Å². The number of hydrazine groups is 1. The second-order valence-corrected chi connectivity index (χ2v) is 4.50. The van der Waals surface area contributed by atoms with E-state index in [-0.39, 0.29) is 5.91 Å². The summed E-state index contributed by atoms with van der Waals surface area (Å²) in [6.45, 7) is 2.25. The molecule has 1 rings (SSSR count). The Morgan fingerprint density at radius 3 is 2.40 bits per heavy atom. The minimum atomic E-state index is 0.142. The summed E-state index contributed by atoms with van der Waals surface area (Å²) in [4.78, 5) is 10.9. The first-order valence-corrected chi connectivity index (χ1v) is 6.37. The summed E-state index contributed by atoms with van der Waals surface area (Å²) in [7, 11) is 0. The molecule has 15 heavy (non-hydrogen) atoms. The van der Waals surface area contributed by atoms with E-state index in [1.54, 1.807) is 0 Å². The van der Waals surface area contributed by atoms with Crippen LogP contribution in [0.25, 0.3) is 0 Å². The Bertz CT molecular complexity index is 182. The van der Waals surface area contributed by atoms with Gasteiger partial charge in [-0.25, -0.2) is 5.43 Å². The van der Waals surface area contributed by atoms with Crippen LogP contribution in [-0.2, 0) is 4.79 Å². The van der Waals surface area contributed by atoms with E-state index in [1.165, 1.54) is 44.9 Å². The smallest absolute Gasteiger partial charge is 0.235 e. The Balaban J connectivity index is 1.83. The molecule has 2 N–H and O–H groups in total. The van der Waals surface area contributed by atoms with Crippen molar-refractivity contribution in [3.63, 3.8) is 0 Å². The van der Waals surface area contributed by atoms with Gasteiger partial charge in [0.15, 0.2) is 0 Å². The fourth-order valence-corrected chi connectivity index (χ4v) is 2.03. The van der Waals surface area contributed by atoms with Crippen molar-refractivity contribution in [1.29, 1.82) is 0 Å². The maximum Gasteiger partial charge on any atom is 0.235 e. The lowest BCUT2D eigenvalue weighted by Crippen LogP contribution is -2.31. The van der Waals surface area contributed by atoms with Gasteiger partial charge in [0.1, 0.15) is 0 Å². The second kappa shape index (κ2) is 7.69. The number of hydrogen-bond donors (Lipinski definition) is 2. The second-order valence-electron chi connectivity index (χ2n) is 4.50. The third-order valence-corrected chi connectivity index (χ3v) is 3.00. The molecule has 88 valence electrons. The van der Waals surface area contributed by atoms with Gasteiger partial charge < -0.3 is 0 Å². The first kappa shape index (κ1) is 12.5. The van der Waals surface area contributed by atoms with Crippen LogP contribution in [0.1, 0.15) is 64.7 Å². The van der Waals surface area contributed by atoms with E-state index in [9.17, 15) is 4.79 Å². The maximum atomic E-state index is 10.9. The lowest BCUT2D eigenvalue weighted by Gasteiger charge is -2.07. The molecule has 0 bridgehead atoms. The molecular weight excluding hydrogens is 188 g/mol. The molecule has 1 saturated heterocycles. The fraction of sp³-hybridized carbons (Fsp3) is 0.917. The quantitative estimate of drug-likeness (QED) is 0.607. The summed E-state index contributed by atoms with van der Waals surface area (Å²) in [6, 6.07) is 0.383. The summed E-state index contributed by atoms with van der Waals surface area (Å²) in [5.41, 5.74) is 5.67. The molecule has 1 aliphatic heterocycles. The molecule has 3 heteroatoms. The van der Waals surface area contributed by atoms with Crippen LogP contribution < -0.4 is 10.9 Å². The predicted molar refractivity (Wildman–Crippen MR) is 62.3 cm³/mol. The van der Waals surface area contributed by atoms with Crippen molar-refractivity contribution in [2.75, 3.05) is 0 Å². The van der Waals surface area contributed by atoms with Gasteiger partial charge in [0.25, 0.3) is 0 Å². The summed E-state index contributed by atoms with van der Waals surface area (Å²) in [6.07, 6.45) is 11.2. The van der Waals surface area contributed by atoms with Gasteiger partial charge in [-0.2, -0.15) is 0 Å². The highest BCUT2D eigenvalue weighted by Crippen LogP contribution is 2.12. The Morgan fingerprint density at radius 1 is 1.13 bits per heavy atom. The van der Waals surface area contributed by atoms with E-state index < -0.39 is 0 Å². The number of unbranched alkanes of at least 4 members (excludes halogenated alkanes) is 6. The van der Waals surface area contributed by atoms with Crippen LogP contribution in [0.3, 0.4) is 0 Å². The van der Waals surface area contributed by atoms with Crippen molar-refractivity contribution in [3.05, 3.63) is 0 Å². The third kappa shape index (κ3) is 5.78. The van der Waals surface area contributed by atoms with Crippen molar-refractivity contribution in [2.45, 2.75) is 70.8 Å². The van der Waals surface area contributed by atoms with E-state index in [0.717, 1.165) is 6.42 Å². The van der Waals surface area contributed by atoms with Crippen molar-refractivity contribution in [1.82, 2.24) is 10.9 Å². The molecule has 1 unspecified atom stereocenters. The molecule has 0 saturated carbocycles. The standard InChI is InChI=1S/C12H24N2O/c1-2-3-4-5-6-7-8-9-11-10-12(15)14-13-11/h11,13H,2-10H2,1H3,(H,14,15). The summed E-state index contributed by atoms with van der Waals surface area (Å²) in [5.74, 6) is 0.142. The van der Waals surface area contributed by atoms with Crippen LogP contribution in [0, 0.1) is 0 Å². The largest absolute Gasteiger partial charge is 0.291 e. The summed E-state index contributed by atoms with van der Waals surface area (Å²) in [5, 5.41) is 0. The van der Waals surface area contributed by atoms with E-state index >= 15 is 0 Å². The van der Waals surface area contributed by atoms with Crippen LogP contribution in [-0.4, -0.2) is 11.9 Å². The molecule has 0 aromatic carbocycles. The highest BCUT2D eigenvalue weighted by molar-refractivity contribution is 5.77. The highest BCUT2D eigenvalue weighted by atomic mass is 16.2. The Labute approximate surface area is 93.0 Å². The predicted octanol–water partition coefficient (Wildman–Crippen LogP) is 2.52. The van der Waals surface area contributed by atoms with Gasteiger partial charge >= 0.3 is 0 Å². The van der Waals surface area contributed by atoms with Gasteiger partial charge in [0, 0.05) is 12.5 Å². The number of carbonyl (C=O) groups excluding carboxylic acids is 1. The molecule has 0 radical (unpaired) electrons. The van der Waals surface area contributed by atoms with Crippen LogP contribution in [0.5, 0.6) is 0 Å². The van der Waals surface area contributed by atoms with Crippen molar-refractivity contribution >= 4 is 5.91 Å². The lowest BCUT2D eigenvalue weighted by molar-refractivity contribution is -0.119. The molecule has 0 aliphatic carbocycles. The molecule has 3 nitrogen and oxygen atoms in total. The number of nitrogens with one attached hydrogen (secondary N) is 2. The number of amides is 1. The minimum absolute atomic E-state index is 0.142. The van der Waals surface area contributed by atoms with Gasteiger partial charge in [-0.05, 0) is 6.42 Å². The van der Waals surface area contributed by atoms with Crippen molar-refractivity contribution in [2.24, 2.45) is 0 Å². The maximum absolute atomic E-state index is 10.9. The van der Waals surface area contributed by atoms with Gasteiger partial charge in [0.05, 0.1) is 0 Å². The monoisotopic (exact) mass is 212 g/mol. The van der Waals surface area contributed by atoms with Gasteiger partial charge in [-0.3, -0.25) is 10.2 Å². The number of hydrogen-bond acceptors (Lipinski definition) is 2. The lowest BCUT2D eigenvalue weighted by atomic mass is 10.0. The Morgan fingerprint density at radius 2 is 1.80 bits per heavy atom. The molecule has 1 heterocycles. The molecule has 1 aliphatic rings. The normalized spacial score (nSPS) is 20.6. The highest BCUT2D eigenvalue weighted by Gasteiger charge is 2.19. The first-order valence-electron chi connectivity index (χ1n) is 6.37. The summed E-state index contributed by atoms with van der Waals surface area (Å²) < 4.78 is 0. The third-order valence-electron chi connectivity index (χ3n) is 3.00. The zero-order valence-corrected chi connectivity index (χ0v) is 9.85. The number of carbonyl (C=O) groups is 1. The van der Waals surface area contributed by atoms with Crippen LogP contribution >= 0.6 is 0 Å². The molecule has 0 aromatic heterocycles. The van der Waals surface area contributed by atoms with Crippen molar-refractivity contribution in [3.8, 4) is 0 Å². The van der Waals surface area contributed by atoms with E-state index in [0.29, 0.717) is 12.5 Å². The first-order chi connectivity index (χ1) is 7.33. The fourth-order valence-electron chi connectivity index (χ4n) is 2.03. The molecule has 0 aromatic rings. The van der Waals surface area contributed by atoms with Gasteiger partial charge in [0.2, 0.25) is 5.91 Å². The van der Waals surface area contributed by atoms with Crippen molar-refractivity contribution < 1.29 is 4.79 Å². The Kier molecular flexibility index (Phi) is 6.41. The van der Waals surface area contributed by atoms with Crippen LogP contribution in [0.4, 0.5) is 0 Å². The van der Waals surface area contributed by atoms with E-state index in [2.05, 4.69) is 17.8 Å². The average molecular weight is 212 g/mol. The Hall–Kier alpha value is -0.570. The van der Waals surface area contributed by atoms with E-state index in [4.69, 9.17) is 0 Å². The number of rotatable bonds is 8. The zero-order chi connectivity index (χ0) is 10.9. The van der Waals surface area contributed by atoms with Crippen LogP contribution in [0.2, 0.25) is 0 Å². The topological polar surface area (TPSA) is 41.1 Å². The molecule has 0 spiro atoms. The molecule has 1 amide bonds. The molecule has 1 atom stereocenters. The van der Waals surface area contributed by atoms with Crippen LogP contribution in [0.15, 0.2) is 0 Å². The molecule has 1 fully saturated rings. The van der Waals surface area contributed by atoms with Gasteiger partial charge in [-0.15, -0.1) is 0 Å². The molecular formula is C12H24N2O. The SMILES string of the molecule is CCCCCCCCCC1CC(=O)NN1. The minimum Gasteiger partial charge on any atom is -0.291 e.